The molecule has 1 aliphatic rings. The molecule has 1 aromatic carbocycles. The Morgan fingerprint density at radius 3 is 2.35 bits per heavy atom. The van der Waals surface area contributed by atoms with Crippen LogP contribution in [0.1, 0.15) is 30.1 Å². The number of nitrogens with zero attached hydrogens (tertiary/aromatic N) is 1. The molecule has 1 fully saturated rings. The summed E-state index contributed by atoms with van der Waals surface area (Å²) in [4.78, 5) is 25.4. The second-order valence-corrected chi connectivity index (χ2v) is 5.50. The number of urea groups is 1. The molecule has 0 spiro atoms. The number of hydrogen-bond donors (Lipinski definition) is 2. The van der Waals surface area contributed by atoms with Gasteiger partial charge in [-0.2, -0.15) is 0 Å². The summed E-state index contributed by atoms with van der Waals surface area (Å²) < 4.78 is 0. The van der Waals surface area contributed by atoms with Gasteiger partial charge in [-0.3, -0.25) is 10.2 Å². The van der Waals surface area contributed by atoms with Gasteiger partial charge in [0.2, 0.25) is 0 Å². The number of hydrazine groups is 1. The van der Waals surface area contributed by atoms with Gasteiger partial charge in [0.05, 0.1) is 0 Å². The summed E-state index contributed by atoms with van der Waals surface area (Å²) >= 11 is 5.75. The summed E-state index contributed by atoms with van der Waals surface area (Å²) in [6, 6.07) is 6.20. The van der Waals surface area contributed by atoms with E-state index in [1.165, 1.54) is 0 Å². The van der Waals surface area contributed by atoms with Gasteiger partial charge in [-0.1, -0.05) is 18.5 Å². The highest BCUT2D eigenvalue weighted by Crippen LogP contribution is 2.15. The number of rotatable bonds is 1. The number of benzene rings is 1. The topological polar surface area (TPSA) is 61.4 Å². The van der Waals surface area contributed by atoms with Gasteiger partial charge in [-0.15, -0.1) is 0 Å². The zero-order valence-electron chi connectivity index (χ0n) is 11.4. The van der Waals surface area contributed by atoms with Gasteiger partial charge in [0, 0.05) is 23.7 Å². The second kappa shape index (κ2) is 6.61. The number of halogens is 1. The SMILES string of the molecule is CC1CCN(C(=O)NNC(=O)c2ccc(Cl)cc2)CC1. The van der Waals surface area contributed by atoms with Gasteiger partial charge >= 0.3 is 6.03 Å². The fourth-order valence-electron chi connectivity index (χ4n) is 2.07. The minimum Gasteiger partial charge on any atom is -0.323 e. The van der Waals surface area contributed by atoms with E-state index in [0.29, 0.717) is 16.5 Å². The Labute approximate surface area is 123 Å². The molecule has 1 saturated heterocycles. The van der Waals surface area contributed by atoms with Gasteiger partial charge < -0.3 is 4.90 Å². The van der Waals surface area contributed by atoms with Gasteiger partial charge in [-0.25, -0.2) is 10.2 Å². The van der Waals surface area contributed by atoms with Crippen molar-refractivity contribution in [1.29, 1.82) is 0 Å². The lowest BCUT2D eigenvalue weighted by Gasteiger charge is -2.30. The molecule has 0 aliphatic carbocycles. The van der Waals surface area contributed by atoms with E-state index in [1.54, 1.807) is 29.2 Å². The Morgan fingerprint density at radius 2 is 1.75 bits per heavy atom. The van der Waals surface area contributed by atoms with Crippen LogP contribution >= 0.6 is 11.6 Å². The summed E-state index contributed by atoms with van der Waals surface area (Å²) in [7, 11) is 0. The molecule has 108 valence electrons. The standard InChI is InChI=1S/C14H18ClN3O2/c1-10-6-8-18(9-7-10)14(20)17-16-13(19)11-2-4-12(15)5-3-11/h2-5,10H,6-9H2,1H3,(H,16,19)(H,17,20). The normalized spacial score (nSPS) is 15.8. The van der Waals surface area contributed by atoms with Crippen molar-refractivity contribution in [1.82, 2.24) is 15.8 Å². The first-order chi connectivity index (χ1) is 9.56. The second-order valence-electron chi connectivity index (χ2n) is 5.06. The van der Waals surface area contributed by atoms with E-state index in [1.807, 2.05) is 0 Å². The smallest absolute Gasteiger partial charge is 0.323 e. The molecule has 0 atom stereocenters. The first-order valence-electron chi connectivity index (χ1n) is 6.67. The molecular formula is C14H18ClN3O2. The van der Waals surface area contributed by atoms with Gasteiger partial charge in [0.25, 0.3) is 5.91 Å². The molecule has 0 bridgehead atoms. The molecule has 1 aliphatic heterocycles. The van der Waals surface area contributed by atoms with Crippen molar-refractivity contribution in [3.8, 4) is 0 Å². The Bertz CT molecular complexity index is 482. The van der Waals surface area contributed by atoms with Crippen molar-refractivity contribution < 1.29 is 9.59 Å². The minimum atomic E-state index is -0.361. The highest BCUT2D eigenvalue weighted by Gasteiger charge is 2.20. The number of piperidine rings is 1. The predicted molar refractivity (Wildman–Crippen MR) is 77.4 cm³/mol. The van der Waals surface area contributed by atoms with Crippen LogP contribution < -0.4 is 10.9 Å². The largest absolute Gasteiger partial charge is 0.336 e. The minimum absolute atomic E-state index is 0.265. The average Bonchev–Trinajstić information content (AvgIpc) is 2.46. The maximum Gasteiger partial charge on any atom is 0.336 e. The van der Waals surface area contributed by atoms with Crippen LogP contribution in [-0.2, 0) is 0 Å². The first kappa shape index (κ1) is 14.7. The van der Waals surface area contributed by atoms with E-state index in [4.69, 9.17) is 11.6 Å². The molecule has 1 heterocycles. The maximum atomic E-state index is 11.9. The van der Waals surface area contributed by atoms with Crippen LogP contribution in [0.4, 0.5) is 4.79 Å². The number of likely N-dealkylation sites (tertiary alicyclic amines) is 1. The van der Waals surface area contributed by atoms with Gasteiger partial charge in [-0.05, 0) is 43.0 Å². The first-order valence-corrected chi connectivity index (χ1v) is 7.05. The molecule has 1 aromatic rings. The zero-order chi connectivity index (χ0) is 14.5. The molecule has 0 unspecified atom stereocenters. The predicted octanol–water partition coefficient (Wildman–Crippen LogP) is 2.43. The lowest BCUT2D eigenvalue weighted by atomic mass is 10.00. The van der Waals surface area contributed by atoms with E-state index >= 15 is 0 Å². The molecule has 3 amide bonds. The maximum absolute atomic E-state index is 11.9. The van der Waals surface area contributed by atoms with Crippen LogP contribution in [0.15, 0.2) is 24.3 Å². The van der Waals surface area contributed by atoms with E-state index < -0.39 is 0 Å². The molecule has 2 rings (SSSR count). The third-order valence-electron chi connectivity index (χ3n) is 3.46. The lowest BCUT2D eigenvalue weighted by Crippen LogP contribution is -2.50. The van der Waals surface area contributed by atoms with Gasteiger partial charge in [0.1, 0.15) is 0 Å². The molecule has 0 aromatic heterocycles. The van der Waals surface area contributed by atoms with E-state index in [0.717, 1.165) is 25.9 Å². The molecule has 6 heteroatoms. The van der Waals surface area contributed by atoms with Crippen molar-refractivity contribution in [2.75, 3.05) is 13.1 Å². The third-order valence-corrected chi connectivity index (χ3v) is 3.71. The fourth-order valence-corrected chi connectivity index (χ4v) is 2.20. The highest BCUT2D eigenvalue weighted by atomic mass is 35.5. The Balaban J connectivity index is 1.81. The van der Waals surface area contributed by atoms with Crippen LogP contribution in [0.3, 0.4) is 0 Å². The molecule has 2 N–H and O–H groups in total. The summed E-state index contributed by atoms with van der Waals surface area (Å²) in [5, 5.41) is 0.563. The van der Waals surface area contributed by atoms with Crippen LogP contribution in [0.2, 0.25) is 5.02 Å². The van der Waals surface area contributed by atoms with Crippen LogP contribution in [0.5, 0.6) is 0 Å². The number of nitrogens with one attached hydrogen (secondary N) is 2. The van der Waals surface area contributed by atoms with Crippen molar-refractivity contribution in [3.63, 3.8) is 0 Å². The Kier molecular flexibility index (Phi) is 4.84. The molecule has 20 heavy (non-hydrogen) atoms. The Morgan fingerprint density at radius 1 is 1.15 bits per heavy atom. The van der Waals surface area contributed by atoms with Crippen LogP contribution in [-0.4, -0.2) is 29.9 Å². The van der Waals surface area contributed by atoms with E-state index in [2.05, 4.69) is 17.8 Å². The summed E-state index contributed by atoms with van der Waals surface area (Å²) in [6.07, 6.45) is 2.00. The summed E-state index contributed by atoms with van der Waals surface area (Å²) in [5.41, 5.74) is 5.28. The Hall–Kier alpha value is -1.75. The lowest BCUT2D eigenvalue weighted by molar-refractivity contribution is 0.0926. The van der Waals surface area contributed by atoms with Crippen molar-refractivity contribution in [2.24, 2.45) is 5.92 Å². The van der Waals surface area contributed by atoms with Crippen molar-refractivity contribution in [2.45, 2.75) is 19.8 Å². The number of carbonyl (C=O) groups is 2. The highest BCUT2D eigenvalue weighted by molar-refractivity contribution is 6.30. The molecule has 5 nitrogen and oxygen atoms in total. The number of amides is 3. The molecular weight excluding hydrogens is 278 g/mol. The van der Waals surface area contributed by atoms with Crippen LogP contribution in [0, 0.1) is 5.92 Å². The van der Waals surface area contributed by atoms with E-state index in [9.17, 15) is 9.59 Å². The van der Waals surface area contributed by atoms with Crippen molar-refractivity contribution >= 4 is 23.5 Å². The molecule has 0 radical (unpaired) electrons. The van der Waals surface area contributed by atoms with Crippen LogP contribution in [0.25, 0.3) is 0 Å². The number of carbonyl (C=O) groups excluding carboxylic acids is 2. The fraction of sp³-hybridized carbons (Fsp3) is 0.429. The zero-order valence-corrected chi connectivity index (χ0v) is 12.1. The van der Waals surface area contributed by atoms with E-state index in [-0.39, 0.29) is 11.9 Å². The van der Waals surface area contributed by atoms with Crippen molar-refractivity contribution in [3.05, 3.63) is 34.9 Å². The summed E-state index contributed by atoms with van der Waals surface area (Å²) in [6.45, 7) is 3.63. The van der Waals surface area contributed by atoms with Gasteiger partial charge in [0.15, 0.2) is 0 Å². The summed E-state index contributed by atoms with van der Waals surface area (Å²) in [5.74, 6) is 0.295. The average molecular weight is 296 g/mol. The third kappa shape index (κ3) is 3.87. The quantitative estimate of drug-likeness (QED) is 0.782. The molecule has 0 saturated carbocycles. The monoisotopic (exact) mass is 295 g/mol. The number of hydrogen-bond acceptors (Lipinski definition) is 2.